The largest absolute Gasteiger partial charge is 0.463 e. The maximum atomic E-state index is 10.4. The van der Waals surface area contributed by atoms with Crippen LogP contribution in [0.15, 0.2) is 57.3 Å². The van der Waals surface area contributed by atoms with E-state index < -0.39 is 4.92 Å². The van der Waals surface area contributed by atoms with Crippen LogP contribution in [-0.4, -0.2) is 17.4 Å². The highest BCUT2D eigenvalue weighted by Gasteiger charge is 2.02. The summed E-state index contributed by atoms with van der Waals surface area (Å²) in [4.78, 5) is 9.99. The van der Waals surface area contributed by atoms with E-state index >= 15 is 0 Å². The molecule has 0 aliphatic heterocycles. The molecule has 6 heteroatoms. The highest BCUT2D eigenvalue weighted by atomic mass is 16.6. The molecule has 0 aliphatic carbocycles. The van der Waals surface area contributed by atoms with Gasteiger partial charge in [0, 0.05) is 12.1 Å². The summed E-state index contributed by atoms with van der Waals surface area (Å²) in [5, 5.41) is 18.0. The summed E-state index contributed by atoms with van der Waals surface area (Å²) >= 11 is 0. The first kappa shape index (κ1) is 11.7. The summed E-state index contributed by atoms with van der Waals surface area (Å²) in [6.45, 7) is 0. The molecule has 90 valence electrons. The lowest BCUT2D eigenvalue weighted by Gasteiger charge is -1.91. The predicted molar refractivity (Wildman–Crippen MR) is 67.0 cm³/mol. The van der Waals surface area contributed by atoms with E-state index in [0.717, 1.165) is 5.56 Å². The number of furan rings is 1. The fourth-order valence-electron chi connectivity index (χ4n) is 1.24. The van der Waals surface area contributed by atoms with E-state index in [9.17, 15) is 10.1 Å². The molecule has 1 heterocycles. The number of hydrogen-bond acceptors (Lipinski definition) is 5. The molecule has 1 aromatic heterocycles. The van der Waals surface area contributed by atoms with Crippen LogP contribution in [0.1, 0.15) is 11.3 Å². The van der Waals surface area contributed by atoms with Crippen LogP contribution in [0.4, 0.5) is 5.69 Å². The first-order chi connectivity index (χ1) is 8.75. The first-order valence-electron chi connectivity index (χ1n) is 5.10. The SMILES string of the molecule is O=[N+]([O-])c1ccc(C=N/N=C/c2ccco2)cc1. The zero-order valence-corrected chi connectivity index (χ0v) is 9.26. The molecule has 0 amide bonds. The molecule has 0 bridgehead atoms. The van der Waals surface area contributed by atoms with Gasteiger partial charge in [-0.2, -0.15) is 10.2 Å². The second-order valence-electron chi connectivity index (χ2n) is 3.35. The Morgan fingerprint density at radius 2 is 1.83 bits per heavy atom. The van der Waals surface area contributed by atoms with E-state index in [4.69, 9.17) is 4.42 Å². The predicted octanol–water partition coefficient (Wildman–Crippen LogP) is 2.64. The molecule has 2 aromatic rings. The van der Waals surface area contributed by atoms with Crippen LogP contribution >= 0.6 is 0 Å². The summed E-state index contributed by atoms with van der Waals surface area (Å²) < 4.78 is 5.03. The van der Waals surface area contributed by atoms with Crippen LogP contribution in [0.5, 0.6) is 0 Å². The number of nitro groups is 1. The van der Waals surface area contributed by atoms with Gasteiger partial charge in [-0.25, -0.2) is 0 Å². The fourth-order valence-corrected chi connectivity index (χ4v) is 1.24. The summed E-state index contributed by atoms with van der Waals surface area (Å²) in [7, 11) is 0. The Morgan fingerprint density at radius 3 is 2.44 bits per heavy atom. The Labute approximate surface area is 102 Å². The van der Waals surface area contributed by atoms with Gasteiger partial charge in [-0.05, 0) is 29.8 Å². The van der Waals surface area contributed by atoms with Gasteiger partial charge >= 0.3 is 0 Å². The molecule has 18 heavy (non-hydrogen) atoms. The minimum Gasteiger partial charge on any atom is -0.463 e. The smallest absolute Gasteiger partial charge is 0.269 e. The molecule has 0 radical (unpaired) electrons. The zero-order chi connectivity index (χ0) is 12.8. The van der Waals surface area contributed by atoms with Gasteiger partial charge in [0.05, 0.1) is 23.6 Å². The summed E-state index contributed by atoms with van der Waals surface area (Å²) in [6.07, 6.45) is 4.52. The van der Waals surface area contributed by atoms with E-state index in [0.29, 0.717) is 5.76 Å². The third-order valence-corrected chi connectivity index (χ3v) is 2.11. The average Bonchev–Trinajstić information content (AvgIpc) is 2.88. The quantitative estimate of drug-likeness (QED) is 0.470. The van der Waals surface area contributed by atoms with Crippen molar-refractivity contribution in [3.05, 3.63) is 64.1 Å². The lowest BCUT2D eigenvalue weighted by Crippen LogP contribution is -1.88. The number of nitrogens with zero attached hydrogens (tertiary/aromatic N) is 3. The Balaban J connectivity index is 1.99. The summed E-state index contributed by atoms with van der Waals surface area (Å²) in [5.74, 6) is 0.607. The molecule has 2 rings (SSSR count). The Morgan fingerprint density at radius 1 is 1.11 bits per heavy atom. The average molecular weight is 243 g/mol. The van der Waals surface area contributed by atoms with E-state index in [2.05, 4.69) is 10.2 Å². The molecule has 0 fully saturated rings. The van der Waals surface area contributed by atoms with Gasteiger partial charge in [-0.1, -0.05) is 0 Å². The lowest BCUT2D eigenvalue weighted by molar-refractivity contribution is -0.384. The van der Waals surface area contributed by atoms with Crippen molar-refractivity contribution in [2.75, 3.05) is 0 Å². The Hall–Kier alpha value is -2.76. The van der Waals surface area contributed by atoms with E-state index in [1.807, 2.05) is 0 Å². The second-order valence-corrected chi connectivity index (χ2v) is 3.35. The van der Waals surface area contributed by atoms with Gasteiger partial charge in [-0.15, -0.1) is 0 Å². The maximum absolute atomic E-state index is 10.4. The lowest BCUT2D eigenvalue weighted by atomic mass is 10.2. The van der Waals surface area contributed by atoms with Crippen molar-refractivity contribution in [3.63, 3.8) is 0 Å². The van der Waals surface area contributed by atoms with Crippen LogP contribution in [0.3, 0.4) is 0 Å². The van der Waals surface area contributed by atoms with Crippen LogP contribution in [0.2, 0.25) is 0 Å². The number of benzene rings is 1. The highest BCUT2D eigenvalue weighted by Crippen LogP contribution is 2.10. The number of nitro benzene ring substituents is 1. The molecule has 0 N–H and O–H groups in total. The molecule has 6 nitrogen and oxygen atoms in total. The fraction of sp³-hybridized carbons (Fsp3) is 0. The van der Waals surface area contributed by atoms with Crippen molar-refractivity contribution in [3.8, 4) is 0 Å². The van der Waals surface area contributed by atoms with Crippen molar-refractivity contribution < 1.29 is 9.34 Å². The topological polar surface area (TPSA) is 81.0 Å². The van der Waals surface area contributed by atoms with Crippen LogP contribution in [0.25, 0.3) is 0 Å². The number of non-ortho nitro benzene ring substituents is 1. The van der Waals surface area contributed by atoms with Crippen LogP contribution < -0.4 is 0 Å². The Bertz CT molecular complexity index is 571. The van der Waals surface area contributed by atoms with Gasteiger partial charge in [-0.3, -0.25) is 10.1 Å². The third-order valence-electron chi connectivity index (χ3n) is 2.11. The standard InChI is InChI=1S/C12H9N3O3/c16-15(17)11-5-3-10(4-6-11)8-13-14-9-12-2-1-7-18-12/h1-9H/b13-8?,14-9+. The van der Waals surface area contributed by atoms with E-state index in [-0.39, 0.29) is 5.69 Å². The van der Waals surface area contributed by atoms with E-state index in [1.165, 1.54) is 24.6 Å². The van der Waals surface area contributed by atoms with Gasteiger partial charge in [0.1, 0.15) is 5.76 Å². The van der Waals surface area contributed by atoms with Gasteiger partial charge in [0.25, 0.3) is 5.69 Å². The third kappa shape index (κ3) is 3.11. The first-order valence-corrected chi connectivity index (χ1v) is 5.10. The molecule has 0 saturated heterocycles. The van der Waals surface area contributed by atoms with Crippen molar-refractivity contribution >= 4 is 18.1 Å². The van der Waals surface area contributed by atoms with Crippen LogP contribution in [-0.2, 0) is 0 Å². The van der Waals surface area contributed by atoms with Gasteiger partial charge in [0.2, 0.25) is 0 Å². The molecule has 0 aliphatic rings. The molecular weight excluding hydrogens is 234 g/mol. The van der Waals surface area contributed by atoms with E-state index in [1.54, 1.807) is 30.5 Å². The maximum Gasteiger partial charge on any atom is 0.269 e. The molecular formula is C12H9N3O3. The van der Waals surface area contributed by atoms with Crippen molar-refractivity contribution in [1.82, 2.24) is 0 Å². The number of rotatable bonds is 4. The highest BCUT2D eigenvalue weighted by molar-refractivity contribution is 5.81. The molecule has 0 atom stereocenters. The monoisotopic (exact) mass is 243 g/mol. The second kappa shape index (κ2) is 5.53. The van der Waals surface area contributed by atoms with Crippen LogP contribution in [0, 0.1) is 10.1 Å². The minimum atomic E-state index is -0.448. The van der Waals surface area contributed by atoms with Crippen molar-refractivity contribution in [2.45, 2.75) is 0 Å². The summed E-state index contributed by atoms with van der Waals surface area (Å²) in [5.41, 5.74) is 0.781. The van der Waals surface area contributed by atoms with Gasteiger partial charge < -0.3 is 4.42 Å². The summed E-state index contributed by atoms with van der Waals surface area (Å²) in [6, 6.07) is 9.54. The minimum absolute atomic E-state index is 0.0474. The molecule has 0 spiro atoms. The molecule has 1 aromatic carbocycles. The molecule has 0 saturated carbocycles. The molecule has 0 unspecified atom stereocenters. The number of hydrogen-bond donors (Lipinski definition) is 0. The van der Waals surface area contributed by atoms with Crippen molar-refractivity contribution in [2.24, 2.45) is 10.2 Å². The van der Waals surface area contributed by atoms with Gasteiger partial charge in [0.15, 0.2) is 0 Å². The van der Waals surface area contributed by atoms with Crippen molar-refractivity contribution in [1.29, 1.82) is 0 Å². The Kier molecular flexibility index (Phi) is 3.60. The zero-order valence-electron chi connectivity index (χ0n) is 9.26. The normalized spacial score (nSPS) is 11.3.